The smallest absolute Gasteiger partial charge is 0.283 e. The Hall–Kier alpha value is -3.42. The molecule has 0 saturated heterocycles. The van der Waals surface area contributed by atoms with Crippen LogP contribution in [0.4, 0.5) is 0 Å². The van der Waals surface area contributed by atoms with Gasteiger partial charge in [0, 0.05) is 5.02 Å². The number of halogens is 1. The fraction of sp³-hybridized carbons (Fsp3) is 0.240. The van der Waals surface area contributed by atoms with E-state index < -0.39 is 0 Å². The lowest BCUT2D eigenvalue weighted by atomic mass is 9.98. The average Bonchev–Trinajstić information content (AvgIpc) is 3.51. The molecule has 8 heteroatoms. The Morgan fingerprint density at radius 2 is 1.79 bits per heavy atom. The van der Waals surface area contributed by atoms with Crippen molar-refractivity contribution in [1.82, 2.24) is 20.4 Å². The molecule has 7 nitrogen and oxygen atoms in total. The van der Waals surface area contributed by atoms with E-state index in [-0.39, 0.29) is 18.5 Å². The highest BCUT2D eigenvalue weighted by Gasteiger charge is 2.20. The second-order valence-corrected chi connectivity index (χ2v) is 8.09. The Labute approximate surface area is 197 Å². The highest BCUT2D eigenvalue weighted by molar-refractivity contribution is 6.30. The van der Waals surface area contributed by atoms with Crippen molar-refractivity contribution in [2.24, 2.45) is 0 Å². The van der Waals surface area contributed by atoms with E-state index in [1.807, 2.05) is 59.5 Å². The van der Waals surface area contributed by atoms with Crippen LogP contribution < -0.4 is 5.32 Å². The molecule has 4 rings (SSSR count). The zero-order valence-corrected chi connectivity index (χ0v) is 19.0. The van der Waals surface area contributed by atoms with Crippen molar-refractivity contribution in [2.75, 3.05) is 13.1 Å². The van der Waals surface area contributed by atoms with Gasteiger partial charge >= 0.3 is 0 Å². The van der Waals surface area contributed by atoms with Gasteiger partial charge in [-0.15, -0.1) is 10.2 Å². The lowest BCUT2D eigenvalue weighted by Gasteiger charge is -2.23. The fourth-order valence-corrected chi connectivity index (χ4v) is 3.73. The molecular formula is C25H25ClN4O3. The number of rotatable bonds is 10. The molecule has 4 aromatic rings. The van der Waals surface area contributed by atoms with Crippen molar-refractivity contribution in [3.8, 4) is 11.7 Å². The summed E-state index contributed by atoms with van der Waals surface area (Å²) in [4.78, 5) is 15.1. The van der Waals surface area contributed by atoms with Gasteiger partial charge in [0.05, 0.1) is 25.4 Å². The van der Waals surface area contributed by atoms with E-state index in [9.17, 15) is 4.79 Å². The van der Waals surface area contributed by atoms with Crippen molar-refractivity contribution < 1.29 is 13.6 Å². The summed E-state index contributed by atoms with van der Waals surface area (Å²) in [6.07, 6.45) is 2.43. The van der Waals surface area contributed by atoms with Crippen LogP contribution in [0.25, 0.3) is 11.7 Å². The predicted molar refractivity (Wildman–Crippen MR) is 125 cm³/mol. The molecule has 1 N–H and O–H groups in total. The Morgan fingerprint density at radius 3 is 2.48 bits per heavy atom. The minimum Gasteiger partial charge on any atom is -0.459 e. The third-order valence-corrected chi connectivity index (χ3v) is 5.36. The first-order chi connectivity index (χ1) is 16.1. The van der Waals surface area contributed by atoms with E-state index in [0.717, 1.165) is 17.5 Å². The van der Waals surface area contributed by atoms with Crippen LogP contribution in [-0.2, 0) is 11.3 Å². The van der Waals surface area contributed by atoms with Crippen LogP contribution >= 0.6 is 11.6 Å². The van der Waals surface area contributed by atoms with Gasteiger partial charge < -0.3 is 14.2 Å². The molecule has 0 radical (unpaired) electrons. The maximum absolute atomic E-state index is 13.1. The lowest BCUT2D eigenvalue weighted by Crippen LogP contribution is -2.39. The number of amides is 1. The largest absolute Gasteiger partial charge is 0.459 e. The van der Waals surface area contributed by atoms with Crippen molar-refractivity contribution in [2.45, 2.75) is 25.9 Å². The molecule has 1 amide bonds. The monoisotopic (exact) mass is 464 g/mol. The molecule has 0 spiro atoms. The van der Waals surface area contributed by atoms with Gasteiger partial charge in [-0.2, -0.15) is 0 Å². The Kier molecular flexibility index (Phi) is 7.55. The topological polar surface area (TPSA) is 84.4 Å². The number of hydrogen-bond acceptors (Lipinski definition) is 6. The van der Waals surface area contributed by atoms with Crippen molar-refractivity contribution in [3.63, 3.8) is 0 Å². The van der Waals surface area contributed by atoms with E-state index in [0.29, 0.717) is 35.7 Å². The molecule has 2 aromatic heterocycles. The molecule has 0 unspecified atom stereocenters. The summed E-state index contributed by atoms with van der Waals surface area (Å²) in [7, 11) is 0. The highest BCUT2D eigenvalue weighted by Crippen LogP contribution is 2.24. The second kappa shape index (κ2) is 10.9. The third kappa shape index (κ3) is 6.09. The van der Waals surface area contributed by atoms with Gasteiger partial charge in [0.15, 0.2) is 5.76 Å². The van der Waals surface area contributed by atoms with E-state index in [4.69, 9.17) is 20.4 Å². The molecule has 2 heterocycles. The normalized spacial score (nSPS) is 12.1. The van der Waals surface area contributed by atoms with Gasteiger partial charge in [-0.3, -0.25) is 9.69 Å². The molecule has 170 valence electrons. The summed E-state index contributed by atoms with van der Waals surface area (Å²) in [5.74, 6) is 1.17. The number of nitrogens with zero attached hydrogens (tertiary/aromatic N) is 3. The van der Waals surface area contributed by atoms with Gasteiger partial charge in [0.1, 0.15) is 0 Å². The quantitative estimate of drug-likeness (QED) is 0.351. The molecule has 2 aromatic carbocycles. The SMILES string of the molecule is CCCN(CC(=O)N[C@@H](c1ccccc1)c1ccc(Cl)cc1)Cc1nnc(-c2ccco2)o1. The number of nitrogens with one attached hydrogen (secondary N) is 1. The summed E-state index contributed by atoms with van der Waals surface area (Å²) >= 11 is 6.06. The minimum atomic E-state index is -0.284. The number of aromatic nitrogens is 2. The van der Waals surface area contributed by atoms with Crippen LogP contribution in [0.2, 0.25) is 5.02 Å². The summed E-state index contributed by atoms with van der Waals surface area (Å²) in [5, 5.41) is 12.0. The Balaban J connectivity index is 1.46. The Bertz CT molecular complexity index is 1140. The van der Waals surface area contributed by atoms with Crippen LogP contribution in [-0.4, -0.2) is 34.1 Å². The van der Waals surface area contributed by atoms with Crippen LogP contribution in [0.1, 0.15) is 36.4 Å². The summed E-state index contributed by atoms with van der Waals surface area (Å²) in [6.45, 7) is 3.34. The van der Waals surface area contributed by atoms with Crippen LogP contribution in [0.15, 0.2) is 81.8 Å². The lowest BCUT2D eigenvalue weighted by molar-refractivity contribution is -0.123. The number of furan rings is 1. The maximum Gasteiger partial charge on any atom is 0.283 e. The van der Waals surface area contributed by atoms with Crippen molar-refractivity contribution in [3.05, 3.63) is 95.0 Å². The summed E-state index contributed by atoms with van der Waals surface area (Å²) < 4.78 is 11.0. The Morgan fingerprint density at radius 1 is 1.03 bits per heavy atom. The molecule has 0 aliphatic carbocycles. The van der Waals surface area contributed by atoms with Gasteiger partial charge in [0.25, 0.3) is 5.89 Å². The highest BCUT2D eigenvalue weighted by atomic mass is 35.5. The molecule has 0 aliphatic rings. The molecule has 0 fully saturated rings. The predicted octanol–water partition coefficient (Wildman–Crippen LogP) is 5.10. The fourth-order valence-electron chi connectivity index (χ4n) is 3.61. The number of benzene rings is 2. The van der Waals surface area contributed by atoms with E-state index in [2.05, 4.69) is 22.4 Å². The second-order valence-electron chi connectivity index (χ2n) is 7.65. The zero-order valence-electron chi connectivity index (χ0n) is 18.3. The van der Waals surface area contributed by atoms with Crippen LogP contribution in [0.3, 0.4) is 0 Å². The summed E-state index contributed by atoms with van der Waals surface area (Å²) in [6, 6.07) is 20.6. The molecule has 1 atom stereocenters. The molecular weight excluding hydrogens is 440 g/mol. The number of carbonyl (C=O) groups is 1. The van der Waals surface area contributed by atoms with E-state index >= 15 is 0 Å². The van der Waals surface area contributed by atoms with Crippen LogP contribution in [0, 0.1) is 0 Å². The van der Waals surface area contributed by atoms with Gasteiger partial charge in [0.2, 0.25) is 11.8 Å². The first kappa shape index (κ1) is 22.8. The number of hydrogen-bond donors (Lipinski definition) is 1. The summed E-state index contributed by atoms with van der Waals surface area (Å²) in [5.41, 5.74) is 1.95. The van der Waals surface area contributed by atoms with Crippen LogP contribution in [0.5, 0.6) is 0 Å². The number of carbonyl (C=O) groups excluding carboxylic acids is 1. The minimum absolute atomic E-state index is 0.0990. The van der Waals surface area contributed by atoms with Crippen molar-refractivity contribution >= 4 is 17.5 Å². The van der Waals surface area contributed by atoms with Gasteiger partial charge in [-0.25, -0.2) is 0 Å². The van der Waals surface area contributed by atoms with Gasteiger partial charge in [-0.05, 0) is 48.4 Å². The first-order valence-electron chi connectivity index (χ1n) is 10.8. The zero-order chi connectivity index (χ0) is 23.0. The van der Waals surface area contributed by atoms with Crippen molar-refractivity contribution in [1.29, 1.82) is 0 Å². The van der Waals surface area contributed by atoms with Gasteiger partial charge in [-0.1, -0.05) is 61.0 Å². The molecule has 0 aliphatic heterocycles. The molecule has 0 saturated carbocycles. The average molecular weight is 465 g/mol. The first-order valence-corrected chi connectivity index (χ1v) is 11.2. The third-order valence-electron chi connectivity index (χ3n) is 5.11. The van der Waals surface area contributed by atoms with E-state index in [1.54, 1.807) is 18.4 Å². The molecule has 0 bridgehead atoms. The van der Waals surface area contributed by atoms with E-state index in [1.165, 1.54) is 0 Å². The standard InChI is InChI=1S/C25H25ClN4O3/c1-2-14-30(17-23-28-29-25(33-23)21-9-6-15-32-21)16-22(31)27-24(18-7-4-3-5-8-18)19-10-12-20(26)13-11-19/h3-13,15,24H,2,14,16-17H2,1H3,(H,27,31)/t24-/m0/s1. The maximum atomic E-state index is 13.1. The molecule has 33 heavy (non-hydrogen) atoms.